The number of carboxylic acids is 1. The molecule has 0 bridgehead atoms. The molecular formula is C18H18N6O4. The topological polar surface area (TPSA) is 131 Å². The van der Waals surface area contributed by atoms with Gasteiger partial charge in [0.05, 0.1) is 0 Å². The zero-order chi connectivity index (χ0) is 20.3. The van der Waals surface area contributed by atoms with Crippen molar-refractivity contribution < 1.29 is 19.5 Å². The van der Waals surface area contributed by atoms with Crippen LogP contribution in [0.1, 0.15) is 33.9 Å². The van der Waals surface area contributed by atoms with E-state index in [-0.39, 0.29) is 17.3 Å². The van der Waals surface area contributed by atoms with E-state index < -0.39 is 17.9 Å². The summed E-state index contributed by atoms with van der Waals surface area (Å²) in [5, 5.41) is 22.4. The molecular weight excluding hydrogens is 364 g/mol. The van der Waals surface area contributed by atoms with E-state index in [1.54, 1.807) is 43.6 Å². The third kappa shape index (κ3) is 4.06. The summed E-state index contributed by atoms with van der Waals surface area (Å²) in [6.45, 7) is 1.43. The number of benzene rings is 1. The molecule has 3 aromatic rings. The monoisotopic (exact) mass is 382 g/mol. The summed E-state index contributed by atoms with van der Waals surface area (Å²) < 4.78 is 2.65. The first kappa shape index (κ1) is 18.8. The molecule has 0 aliphatic carbocycles. The Bertz CT molecular complexity index is 1040. The van der Waals surface area contributed by atoms with Crippen LogP contribution in [0.15, 0.2) is 48.8 Å². The lowest BCUT2D eigenvalue weighted by Gasteiger charge is -2.12. The summed E-state index contributed by atoms with van der Waals surface area (Å²) in [5.74, 6) is -1.99. The van der Waals surface area contributed by atoms with E-state index in [9.17, 15) is 14.4 Å². The number of carbonyl (C=O) groups excluding carboxylic acids is 2. The fraction of sp³-hybridized carbons (Fsp3) is 0.167. The highest BCUT2D eigenvalue weighted by molar-refractivity contribution is 6.05. The molecule has 28 heavy (non-hydrogen) atoms. The SMILES string of the molecule is CC(C(=O)O)n1nccc1C(=O)Nc1cccc(NC(=O)c2ccn(C)n2)c1. The van der Waals surface area contributed by atoms with Crippen molar-refractivity contribution in [2.75, 3.05) is 10.6 Å². The first-order valence-electron chi connectivity index (χ1n) is 8.34. The Labute approximate surface area is 159 Å². The normalized spacial score (nSPS) is 11.6. The first-order valence-corrected chi connectivity index (χ1v) is 8.34. The molecule has 0 saturated heterocycles. The molecule has 10 nitrogen and oxygen atoms in total. The van der Waals surface area contributed by atoms with E-state index in [1.807, 2.05) is 0 Å². The number of amides is 2. The molecule has 1 unspecified atom stereocenters. The molecule has 3 rings (SSSR count). The lowest BCUT2D eigenvalue weighted by molar-refractivity contribution is -0.140. The predicted octanol–water partition coefficient (Wildman–Crippen LogP) is 1.77. The second-order valence-corrected chi connectivity index (χ2v) is 6.04. The van der Waals surface area contributed by atoms with Crippen LogP contribution >= 0.6 is 0 Å². The van der Waals surface area contributed by atoms with Gasteiger partial charge in [0.15, 0.2) is 5.69 Å². The Morgan fingerprint density at radius 2 is 1.75 bits per heavy atom. The Morgan fingerprint density at radius 1 is 1.07 bits per heavy atom. The molecule has 10 heteroatoms. The van der Waals surface area contributed by atoms with Gasteiger partial charge in [-0.25, -0.2) is 9.48 Å². The number of anilines is 2. The second kappa shape index (κ2) is 7.74. The van der Waals surface area contributed by atoms with E-state index in [0.29, 0.717) is 11.4 Å². The van der Waals surface area contributed by atoms with Crippen molar-refractivity contribution >= 4 is 29.2 Å². The lowest BCUT2D eigenvalue weighted by Crippen LogP contribution is -2.24. The standard InChI is InChI=1S/C18H18N6O4/c1-11(18(27)28)24-15(6-8-19-24)17(26)21-13-5-3-4-12(10-13)20-16(25)14-7-9-23(2)22-14/h3-11H,1-2H3,(H,20,25)(H,21,26)(H,27,28). The molecule has 0 radical (unpaired) electrons. The minimum atomic E-state index is -1.10. The molecule has 2 aromatic heterocycles. The van der Waals surface area contributed by atoms with Crippen molar-refractivity contribution in [1.82, 2.24) is 19.6 Å². The second-order valence-electron chi connectivity index (χ2n) is 6.04. The molecule has 0 spiro atoms. The Hall–Kier alpha value is -3.95. The highest BCUT2D eigenvalue weighted by Gasteiger charge is 2.21. The third-order valence-electron chi connectivity index (χ3n) is 3.95. The Kier molecular flexibility index (Phi) is 5.21. The number of aryl methyl sites for hydroxylation is 1. The van der Waals surface area contributed by atoms with Gasteiger partial charge in [-0.2, -0.15) is 10.2 Å². The van der Waals surface area contributed by atoms with Crippen molar-refractivity contribution in [2.45, 2.75) is 13.0 Å². The first-order chi connectivity index (χ1) is 13.3. The van der Waals surface area contributed by atoms with Crippen LogP contribution in [0, 0.1) is 0 Å². The van der Waals surface area contributed by atoms with Crippen molar-refractivity contribution in [3.63, 3.8) is 0 Å². The van der Waals surface area contributed by atoms with Crippen LogP contribution < -0.4 is 10.6 Å². The van der Waals surface area contributed by atoms with Crippen LogP contribution in [-0.2, 0) is 11.8 Å². The van der Waals surface area contributed by atoms with Gasteiger partial charge in [0.2, 0.25) is 0 Å². The largest absolute Gasteiger partial charge is 0.480 e. The van der Waals surface area contributed by atoms with E-state index in [4.69, 9.17) is 5.11 Å². The predicted molar refractivity (Wildman–Crippen MR) is 100 cm³/mol. The minimum Gasteiger partial charge on any atom is -0.480 e. The van der Waals surface area contributed by atoms with Gasteiger partial charge in [0.1, 0.15) is 11.7 Å². The van der Waals surface area contributed by atoms with Crippen LogP contribution in [0.4, 0.5) is 11.4 Å². The van der Waals surface area contributed by atoms with E-state index >= 15 is 0 Å². The molecule has 0 saturated carbocycles. The lowest BCUT2D eigenvalue weighted by atomic mass is 10.2. The summed E-state index contributed by atoms with van der Waals surface area (Å²) >= 11 is 0. The van der Waals surface area contributed by atoms with Gasteiger partial charge < -0.3 is 15.7 Å². The number of rotatable bonds is 6. The van der Waals surface area contributed by atoms with Gasteiger partial charge in [0.25, 0.3) is 11.8 Å². The van der Waals surface area contributed by atoms with Crippen molar-refractivity contribution in [3.8, 4) is 0 Å². The number of carbonyl (C=O) groups is 3. The van der Waals surface area contributed by atoms with E-state index in [1.165, 1.54) is 23.9 Å². The summed E-state index contributed by atoms with van der Waals surface area (Å²) in [7, 11) is 1.71. The summed E-state index contributed by atoms with van der Waals surface area (Å²) in [6.07, 6.45) is 3.02. The minimum absolute atomic E-state index is 0.109. The molecule has 1 atom stereocenters. The third-order valence-corrected chi connectivity index (χ3v) is 3.95. The summed E-state index contributed by atoms with van der Waals surface area (Å²) in [4.78, 5) is 35.9. The molecule has 2 amide bonds. The number of aliphatic carboxylic acids is 1. The van der Waals surface area contributed by atoms with Crippen LogP contribution in [0.5, 0.6) is 0 Å². The molecule has 144 valence electrons. The number of aromatic nitrogens is 4. The summed E-state index contributed by atoms with van der Waals surface area (Å²) in [6, 6.07) is 8.61. The number of hydrogen-bond acceptors (Lipinski definition) is 5. The molecule has 0 fully saturated rings. The van der Waals surface area contributed by atoms with Gasteiger partial charge >= 0.3 is 5.97 Å². The Balaban J connectivity index is 1.73. The van der Waals surface area contributed by atoms with Crippen LogP contribution in [0.25, 0.3) is 0 Å². The molecule has 1 aromatic carbocycles. The number of carboxylic acid groups (broad SMARTS) is 1. The van der Waals surface area contributed by atoms with Crippen molar-refractivity contribution in [2.24, 2.45) is 7.05 Å². The quantitative estimate of drug-likeness (QED) is 0.595. The van der Waals surface area contributed by atoms with Gasteiger partial charge in [-0.15, -0.1) is 0 Å². The van der Waals surface area contributed by atoms with Crippen molar-refractivity contribution in [3.05, 3.63) is 60.2 Å². The van der Waals surface area contributed by atoms with Gasteiger partial charge in [-0.1, -0.05) is 6.07 Å². The van der Waals surface area contributed by atoms with E-state index in [2.05, 4.69) is 20.8 Å². The average Bonchev–Trinajstić information content (AvgIpc) is 3.30. The number of nitrogens with one attached hydrogen (secondary N) is 2. The van der Waals surface area contributed by atoms with Crippen LogP contribution in [0.3, 0.4) is 0 Å². The average molecular weight is 382 g/mol. The number of nitrogens with zero attached hydrogens (tertiary/aromatic N) is 4. The molecule has 3 N–H and O–H groups in total. The highest BCUT2D eigenvalue weighted by Crippen LogP contribution is 2.18. The van der Waals surface area contributed by atoms with Crippen molar-refractivity contribution in [1.29, 1.82) is 0 Å². The smallest absolute Gasteiger partial charge is 0.328 e. The fourth-order valence-corrected chi connectivity index (χ4v) is 2.51. The number of hydrogen-bond donors (Lipinski definition) is 3. The Morgan fingerprint density at radius 3 is 2.36 bits per heavy atom. The van der Waals surface area contributed by atoms with Gasteiger partial charge in [-0.3, -0.25) is 14.3 Å². The van der Waals surface area contributed by atoms with Gasteiger partial charge in [0, 0.05) is 30.8 Å². The fourth-order valence-electron chi connectivity index (χ4n) is 2.51. The summed E-state index contributed by atoms with van der Waals surface area (Å²) in [5.41, 5.74) is 1.28. The van der Waals surface area contributed by atoms with Gasteiger partial charge in [-0.05, 0) is 37.3 Å². The molecule has 0 aliphatic rings. The maximum absolute atomic E-state index is 12.5. The zero-order valence-corrected chi connectivity index (χ0v) is 15.2. The van der Waals surface area contributed by atoms with Crippen LogP contribution in [0.2, 0.25) is 0 Å². The maximum atomic E-state index is 12.5. The van der Waals surface area contributed by atoms with Crippen LogP contribution in [-0.4, -0.2) is 42.5 Å². The zero-order valence-electron chi connectivity index (χ0n) is 15.2. The molecule has 0 aliphatic heterocycles. The highest BCUT2D eigenvalue weighted by atomic mass is 16.4. The molecule has 2 heterocycles. The van der Waals surface area contributed by atoms with E-state index in [0.717, 1.165) is 4.68 Å². The maximum Gasteiger partial charge on any atom is 0.328 e.